The molecule has 0 amide bonds. The molecule has 0 aromatic carbocycles. The van der Waals surface area contributed by atoms with Crippen LogP contribution in [0, 0.1) is 5.82 Å². The van der Waals surface area contributed by atoms with Crippen LogP contribution in [0.3, 0.4) is 0 Å². The van der Waals surface area contributed by atoms with Gasteiger partial charge in [0.15, 0.2) is 0 Å². The number of halogens is 5. The van der Waals surface area contributed by atoms with Crippen molar-refractivity contribution in [3.05, 3.63) is 47.6 Å². The molecule has 1 fully saturated rings. The summed E-state index contributed by atoms with van der Waals surface area (Å²) < 4.78 is 69.2. The van der Waals surface area contributed by atoms with Gasteiger partial charge in [-0.2, -0.15) is 8.78 Å². The first-order valence-electron chi connectivity index (χ1n) is 8.51. The maximum absolute atomic E-state index is 14.4. The van der Waals surface area contributed by atoms with E-state index in [1.54, 1.807) is 0 Å². The molecular formula is C17H13F5N6O. The van der Waals surface area contributed by atoms with Gasteiger partial charge in [0.2, 0.25) is 12.4 Å². The van der Waals surface area contributed by atoms with Gasteiger partial charge in [-0.3, -0.25) is 4.98 Å². The van der Waals surface area contributed by atoms with Gasteiger partial charge in [-0.1, -0.05) is 0 Å². The SMILES string of the molecule is Fc1cc(CC(F)F)cnc1C1(Nc2ncc(-c3nnc(C(F)F)o3)cn2)CC1. The molecule has 29 heavy (non-hydrogen) atoms. The van der Waals surface area contributed by atoms with E-state index in [0.717, 1.165) is 6.07 Å². The van der Waals surface area contributed by atoms with Crippen LogP contribution < -0.4 is 5.32 Å². The molecule has 0 unspecified atom stereocenters. The summed E-state index contributed by atoms with van der Waals surface area (Å²) >= 11 is 0. The van der Waals surface area contributed by atoms with Gasteiger partial charge in [-0.15, -0.1) is 10.2 Å². The lowest BCUT2D eigenvalue weighted by molar-refractivity contribution is 0.116. The second-order valence-corrected chi connectivity index (χ2v) is 6.52. The maximum atomic E-state index is 14.4. The van der Waals surface area contributed by atoms with Crippen molar-refractivity contribution in [1.82, 2.24) is 25.1 Å². The first-order chi connectivity index (χ1) is 13.9. The van der Waals surface area contributed by atoms with E-state index in [4.69, 9.17) is 4.42 Å². The van der Waals surface area contributed by atoms with E-state index < -0.39 is 36.5 Å². The van der Waals surface area contributed by atoms with E-state index in [-0.39, 0.29) is 28.7 Å². The van der Waals surface area contributed by atoms with Crippen LogP contribution in [-0.2, 0) is 12.0 Å². The van der Waals surface area contributed by atoms with Crippen LogP contribution in [0.25, 0.3) is 11.5 Å². The normalized spacial score (nSPS) is 15.1. The molecule has 0 aliphatic heterocycles. The van der Waals surface area contributed by atoms with Crippen molar-refractivity contribution >= 4 is 5.95 Å². The second-order valence-electron chi connectivity index (χ2n) is 6.52. The van der Waals surface area contributed by atoms with E-state index in [1.807, 2.05) is 0 Å². The Bertz CT molecular complexity index is 1010. The number of hydrogen-bond donors (Lipinski definition) is 1. The van der Waals surface area contributed by atoms with Crippen LogP contribution in [0.2, 0.25) is 0 Å². The minimum atomic E-state index is -2.89. The first kappa shape index (κ1) is 19.2. The molecule has 4 rings (SSSR count). The number of alkyl halides is 4. The van der Waals surface area contributed by atoms with Gasteiger partial charge in [0.05, 0.1) is 11.1 Å². The number of nitrogens with zero attached hydrogens (tertiary/aromatic N) is 5. The molecule has 0 atom stereocenters. The maximum Gasteiger partial charge on any atom is 0.314 e. The van der Waals surface area contributed by atoms with E-state index >= 15 is 0 Å². The summed E-state index contributed by atoms with van der Waals surface area (Å²) in [4.78, 5) is 12.1. The van der Waals surface area contributed by atoms with E-state index in [0.29, 0.717) is 12.8 Å². The third kappa shape index (κ3) is 4.00. The third-order valence-electron chi connectivity index (χ3n) is 4.37. The van der Waals surface area contributed by atoms with E-state index in [1.165, 1.54) is 18.6 Å². The minimum absolute atomic E-state index is 0.0988. The van der Waals surface area contributed by atoms with Gasteiger partial charge in [0.1, 0.15) is 11.5 Å². The van der Waals surface area contributed by atoms with Crippen LogP contribution in [0.1, 0.15) is 36.4 Å². The number of pyridine rings is 1. The summed E-state index contributed by atoms with van der Waals surface area (Å²) in [5, 5.41) is 9.71. The zero-order valence-corrected chi connectivity index (χ0v) is 14.6. The number of anilines is 1. The van der Waals surface area contributed by atoms with Gasteiger partial charge < -0.3 is 9.73 Å². The van der Waals surface area contributed by atoms with Crippen LogP contribution >= 0.6 is 0 Å². The zero-order valence-electron chi connectivity index (χ0n) is 14.6. The molecule has 0 saturated heterocycles. The highest BCUT2D eigenvalue weighted by Crippen LogP contribution is 2.47. The van der Waals surface area contributed by atoms with Crippen molar-refractivity contribution in [3.8, 4) is 11.5 Å². The molecule has 1 aliphatic rings. The quantitative estimate of drug-likeness (QED) is 0.589. The van der Waals surface area contributed by atoms with Crippen molar-refractivity contribution < 1.29 is 26.4 Å². The largest absolute Gasteiger partial charge is 0.415 e. The van der Waals surface area contributed by atoms with Gasteiger partial charge in [-0.05, 0) is 24.5 Å². The fourth-order valence-corrected chi connectivity index (χ4v) is 2.82. The Morgan fingerprint density at radius 1 is 1.03 bits per heavy atom. The van der Waals surface area contributed by atoms with Crippen LogP contribution in [0.5, 0.6) is 0 Å². The first-order valence-corrected chi connectivity index (χ1v) is 8.51. The average Bonchev–Trinajstić information content (AvgIpc) is 3.26. The lowest BCUT2D eigenvalue weighted by atomic mass is 10.1. The molecular weight excluding hydrogens is 399 g/mol. The molecule has 1 saturated carbocycles. The van der Waals surface area contributed by atoms with Crippen molar-refractivity contribution in [2.24, 2.45) is 0 Å². The van der Waals surface area contributed by atoms with E-state index in [9.17, 15) is 22.0 Å². The number of rotatable bonds is 7. The Morgan fingerprint density at radius 2 is 1.76 bits per heavy atom. The van der Waals surface area contributed by atoms with E-state index in [2.05, 4.69) is 30.5 Å². The van der Waals surface area contributed by atoms with Crippen molar-refractivity contribution in [2.75, 3.05) is 5.32 Å². The standard InChI is InChI=1S/C17H13F5N6O/c18-10-3-8(4-11(19)20)5-23-12(10)17(1-2-17)26-16-24-6-9(7-25-16)14-27-28-15(29-14)13(21)22/h3,5-7,11,13H,1-2,4H2,(H,24,25,26). The Labute approximate surface area is 160 Å². The average molecular weight is 412 g/mol. The minimum Gasteiger partial charge on any atom is -0.415 e. The number of aromatic nitrogens is 5. The molecule has 7 nitrogen and oxygen atoms in total. The van der Waals surface area contributed by atoms with Crippen LogP contribution in [0.15, 0.2) is 29.1 Å². The number of nitrogens with one attached hydrogen (secondary N) is 1. The van der Waals surface area contributed by atoms with Crippen molar-refractivity contribution in [3.63, 3.8) is 0 Å². The molecule has 3 aromatic heterocycles. The molecule has 0 bridgehead atoms. The summed E-state index contributed by atoms with van der Waals surface area (Å²) in [6.45, 7) is 0. The number of hydrogen-bond acceptors (Lipinski definition) is 7. The predicted octanol–water partition coefficient (Wildman–Crippen LogP) is 3.91. The summed E-state index contributed by atoms with van der Waals surface area (Å²) in [7, 11) is 0. The Kier molecular flexibility index (Phi) is 4.84. The molecule has 1 N–H and O–H groups in total. The highest BCUT2D eigenvalue weighted by molar-refractivity contribution is 5.51. The lowest BCUT2D eigenvalue weighted by Gasteiger charge is -2.18. The molecule has 0 spiro atoms. The monoisotopic (exact) mass is 412 g/mol. The zero-order chi connectivity index (χ0) is 20.6. The highest BCUT2D eigenvalue weighted by Gasteiger charge is 2.48. The summed E-state index contributed by atoms with van der Waals surface area (Å²) in [5.74, 6) is -1.50. The van der Waals surface area contributed by atoms with Gasteiger partial charge >= 0.3 is 6.43 Å². The fraction of sp³-hybridized carbons (Fsp3) is 0.353. The highest BCUT2D eigenvalue weighted by atomic mass is 19.3. The summed E-state index contributed by atoms with van der Waals surface area (Å²) in [5.41, 5.74) is -0.384. The Morgan fingerprint density at radius 3 is 2.31 bits per heavy atom. The molecule has 3 aromatic rings. The molecule has 3 heterocycles. The topological polar surface area (TPSA) is 89.6 Å². The Hall–Kier alpha value is -3.18. The second kappa shape index (κ2) is 7.33. The van der Waals surface area contributed by atoms with Gasteiger partial charge in [0.25, 0.3) is 11.8 Å². The molecule has 12 heteroatoms. The third-order valence-corrected chi connectivity index (χ3v) is 4.37. The van der Waals surface area contributed by atoms with Gasteiger partial charge in [-0.25, -0.2) is 23.1 Å². The van der Waals surface area contributed by atoms with Crippen molar-refractivity contribution in [1.29, 1.82) is 0 Å². The summed E-state index contributed by atoms with van der Waals surface area (Å²) in [6, 6.07) is 1.05. The lowest BCUT2D eigenvalue weighted by Crippen LogP contribution is -2.23. The molecule has 1 aliphatic carbocycles. The fourth-order valence-electron chi connectivity index (χ4n) is 2.82. The van der Waals surface area contributed by atoms with Crippen LogP contribution in [-0.4, -0.2) is 31.6 Å². The Balaban J connectivity index is 1.50. The van der Waals surface area contributed by atoms with Crippen molar-refractivity contribution in [2.45, 2.75) is 37.7 Å². The predicted molar refractivity (Wildman–Crippen MR) is 88.7 cm³/mol. The van der Waals surface area contributed by atoms with Gasteiger partial charge in [0, 0.05) is 25.0 Å². The molecule has 152 valence electrons. The molecule has 0 radical (unpaired) electrons. The smallest absolute Gasteiger partial charge is 0.314 e. The van der Waals surface area contributed by atoms with Crippen LogP contribution in [0.4, 0.5) is 27.9 Å². The summed E-state index contributed by atoms with van der Waals surface area (Å²) in [6.07, 6.45) is -1.12.